The zero-order valence-corrected chi connectivity index (χ0v) is 27.6. The number of amides is 1. The Labute approximate surface area is 275 Å². The number of aryl methyl sites for hydroxylation is 1. The highest BCUT2D eigenvalue weighted by Gasteiger charge is 2.31. The first-order valence-corrected chi connectivity index (χ1v) is 16.0. The minimum Gasteiger partial charge on any atom is -0.473 e. The zero-order valence-electron chi connectivity index (χ0n) is 27.6. The molecule has 0 aliphatic carbocycles. The molecule has 6 rings (SSSR count). The summed E-state index contributed by atoms with van der Waals surface area (Å²) in [6.07, 6.45) is 2.38. The Hall–Kier alpha value is -5.12. The molecule has 0 unspecified atom stereocenters. The molecule has 1 saturated heterocycles. The lowest BCUT2D eigenvalue weighted by molar-refractivity contribution is 0.0165. The van der Waals surface area contributed by atoms with Crippen LogP contribution < -0.4 is 14.8 Å². The van der Waals surface area contributed by atoms with Crippen molar-refractivity contribution in [3.8, 4) is 23.0 Å². The van der Waals surface area contributed by atoms with Crippen LogP contribution in [0.2, 0.25) is 0 Å². The minimum absolute atomic E-state index is 0.164. The average molecular weight is 635 g/mol. The van der Waals surface area contributed by atoms with Crippen LogP contribution in [-0.4, -0.2) is 55.5 Å². The number of hydrogen-bond acceptors (Lipinski definition) is 8. The second-order valence-corrected chi connectivity index (χ2v) is 13.1. The van der Waals surface area contributed by atoms with Crippen LogP contribution in [0.25, 0.3) is 22.2 Å². The molecular formula is C37H42N6O4. The van der Waals surface area contributed by atoms with Gasteiger partial charge in [-0.1, -0.05) is 67.6 Å². The van der Waals surface area contributed by atoms with Crippen LogP contribution in [0.5, 0.6) is 11.8 Å². The average Bonchev–Trinajstić information content (AvgIpc) is 3.39. The van der Waals surface area contributed by atoms with Crippen LogP contribution in [0.1, 0.15) is 45.2 Å². The van der Waals surface area contributed by atoms with Gasteiger partial charge in [-0.2, -0.15) is 10.1 Å². The van der Waals surface area contributed by atoms with Gasteiger partial charge in [-0.15, -0.1) is 0 Å². The Morgan fingerprint density at radius 3 is 2.30 bits per heavy atom. The third-order valence-electron chi connectivity index (χ3n) is 8.16. The molecule has 0 spiro atoms. The van der Waals surface area contributed by atoms with Gasteiger partial charge in [0.25, 0.3) is 0 Å². The SMILES string of the molecule is C[C@@H]1CN(C(=O)OC(C)(C)C)CC[C@H]1Nc1cc2c(cn1)c(-c1ccc(OCc3ccccc3)nc1OCc1ccccc1)nn2C. The molecule has 0 bridgehead atoms. The highest BCUT2D eigenvalue weighted by atomic mass is 16.6. The molecule has 3 aromatic heterocycles. The summed E-state index contributed by atoms with van der Waals surface area (Å²) >= 11 is 0. The van der Waals surface area contributed by atoms with Crippen LogP contribution in [0.15, 0.2) is 85.1 Å². The van der Waals surface area contributed by atoms with Crippen LogP contribution in [0, 0.1) is 5.92 Å². The van der Waals surface area contributed by atoms with Crippen molar-refractivity contribution in [1.82, 2.24) is 24.6 Å². The molecule has 1 N–H and O–H groups in total. The summed E-state index contributed by atoms with van der Waals surface area (Å²) in [5, 5.41) is 9.38. The molecule has 10 heteroatoms. The van der Waals surface area contributed by atoms with Gasteiger partial charge in [0.05, 0.1) is 11.1 Å². The molecule has 244 valence electrons. The normalized spacial score (nSPS) is 16.6. The number of anilines is 1. The predicted octanol–water partition coefficient (Wildman–Crippen LogP) is 7.25. The molecule has 1 amide bonds. The first-order valence-electron chi connectivity index (χ1n) is 16.0. The molecule has 0 saturated carbocycles. The lowest BCUT2D eigenvalue weighted by Gasteiger charge is -2.38. The summed E-state index contributed by atoms with van der Waals surface area (Å²) in [7, 11) is 1.92. The van der Waals surface area contributed by atoms with Gasteiger partial charge in [0.1, 0.15) is 30.3 Å². The number of carbonyl (C=O) groups is 1. The van der Waals surface area contributed by atoms with Gasteiger partial charge in [-0.3, -0.25) is 4.68 Å². The standard InChI is InChI=1S/C37H42N6O4/c1-25-22-43(36(44)47-37(2,3)4)19-18-30(25)39-32-20-31-29(21-38-32)34(41-42(31)5)28-16-17-33(45-23-26-12-8-6-9-13-26)40-35(28)46-24-27-14-10-7-11-15-27/h6-17,20-21,25,30H,18-19,22-24H2,1-5H3,(H,38,39)/t25-,30-/m1/s1. The molecule has 1 fully saturated rings. The van der Waals surface area contributed by atoms with Crippen LogP contribution in [0.4, 0.5) is 10.6 Å². The zero-order chi connectivity index (χ0) is 33.0. The van der Waals surface area contributed by atoms with Gasteiger partial charge in [-0.05, 0) is 50.3 Å². The van der Waals surface area contributed by atoms with Gasteiger partial charge in [-0.25, -0.2) is 9.78 Å². The van der Waals surface area contributed by atoms with Crippen LogP contribution in [-0.2, 0) is 25.0 Å². The number of carbonyl (C=O) groups excluding carboxylic acids is 1. The van der Waals surface area contributed by atoms with E-state index in [1.807, 2.05) is 118 Å². The molecule has 2 aromatic carbocycles. The number of piperidine rings is 1. The highest BCUT2D eigenvalue weighted by Crippen LogP contribution is 2.36. The van der Waals surface area contributed by atoms with Crippen LogP contribution >= 0.6 is 0 Å². The van der Waals surface area contributed by atoms with E-state index in [0.29, 0.717) is 38.1 Å². The lowest BCUT2D eigenvalue weighted by Crippen LogP contribution is -2.49. The van der Waals surface area contributed by atoms with Crippen LogP contribution in [0.3, 0.4) is 0 Å². The first-order chi connectivity index (χ1) is 22.6. The Morgan fingerprint density at radius 1 is 0.957 bits per heavy atom. The van der Waals surface area contributed by atoms with Crippen molar-refractivity contribution >= 4 is 22.8 Å². The number of fused-ring (bicyclic) bond motifs is 1. The van der Waals surface area contributed by atoms with E-state index in [-0.39, 0.29) is 18.1 Å². The number of likely N-dealkylation sites (tertiary alicyclic amines) is 1. The van der Waals surface area contributed by atoms with E-state index in [1.165, 1.54) is 0 Å². The van der Waals surface area contributed by atoms with E-state index in [2.05, 4.69) is 12.2 Å². The molecule has 10 nitrogen and oxygen atoms in total. The van der Waals surface area contributed by atoms with E-state index in [9.17, 15) is 4.79 Å². The number of rotatable bonds is 9. The highest BCUT2D eigenvalue weighted by molar-refractivity contribution is 5.95. The van der Waals surface area contributed by atoms with Gasteiger partial charge in [0.2, 0.25) is 11.8 Å². The van der Waals surface area contributed by atoms with Crippen molar-refractivity contribution in [3.63, 3.8) is 0 Å². The number of hydrogen-bond donors (Lipinski definition) is 1. The fraction of sp³-hybridized carbons (Fsp3) is 0.351. The van der Waals surface area contributed by atoms with Crippen molar-refractivity contribution < 1.29 is 19.0 Å². The number of ether oxygens (including phenoxy) is 3. The fourth-order valence-electron chi connectivity index (χ4n) is 5.72. The molecule has 0 radical (unpaired) electrons. The molecule has 4 heterocycles. The number of benzene rings is 2. The molecule has 47 heavy (non-hydrogen) atoms. The molecule has 1 aliphatic rings. The minimum atomic E-state index is -0.514. The number of nitrogens with one attached hydrogen (secondary N) is 1. The molecular weight excluding hydrogens is 592 g/mol. The Bertz CT molecular complexity index is 1820. The Kier molecular flexibility index (Phi) is 9.29. The van der Waals surface area contributed by atoms with Gasteiger partial charge in [0.15, 0.2) is 0 Å². The Balaban J connectivity index is 1.22. The quantitative estimate of drug-likeness (QED) is 0.181. The maximum atomic E-state index is 12.6. The summed E-state index contributed by atoms with van der Waals surface area (Å²) in [6.45, 7) is 9.81. The third-order valence-corrected chi connectivity index (χ3v) is 8.16. The Morgan fingerprint density at radius 2 is 1.64 bits per heavy atom. The number of pyridine rings is 2. The molecule has 5 aromatic rings. The molecule has 1 aliphatic heterocycles. The molecule has 2 atom stereocenters. The maximum absolute atomic E-state index is 12.6. The monoisotopic (exact) mass is 634 g/mol. The van der Waals surface area contributed by atoms with Crippen molar-refractivity contribution in [2.24, 2.45) is 13.0 Å². The summed E-state index contributed by atoms with van der Waals surface area (Å²) in [5.41, 5.74) is 3.98. The topological polar surface area (TPSA) is 104 Å². The maximum Gasteiger partial charge on any atom is 0.410 e. The summed E-state index contributed by atoms with van der Waals surface area (Å²) < 4.78 is 19.8. The largest absolute Gasteiger partial charge is 0.473 e. The van der Waals surface area contributed by atoms with Gasteiger partial charge >= 0.3 is 6.09 Å². The second kappa shape index (κ2) is 13.7. The van der Waals surface area contributed by atoms with Crippen molar-refractivity contribution in [2.45, 2.75) is 59.0 Å². The summed E-state index contributed by atoms with van der Waals surface area (Å²) in [4.78, 5) is 24.0. The predicted molar refractivity (Wildman–Crippen MR) is 182 cm³/mol. The second-order valence-electron chi connectivity index (χ2n) is 13.1. The lowest BCUT2D eigenvalue weighted by atomic mass is 9.94. The van der Waals surface area contributed by atoms with E-state index >= 15 is 0 Å². The van der Waals surface area contributed by atoms with Crippen molar-refractivity contribution in [3.05, 3.63) is 96.2 Å². The van der Waals surface area contributed by atoms with E-state index in [4.69, 9.17) is 29.3 Å². The van der Waals surface area contributed by atoms with E-state index < -0.39 is 5.60 Å². The third kappa shape index (κ3) is 7.82. The van der Waals surface area contributed by atoms with Crippen molar-refractivity contribution in [1.29, 1.82) is 0 Å². The van der Waals surface area contributed by atoms with Gasteiger partial charge < -0.3 is 24.4 Å². The first kappa shape index (κ1) is 31.8. The smallest absolute Gasteiger partial charge is 0.410 e. The number of aromatic nitrogens is 4. The number of nitrogens with zero attached hydrogens (tertiary/aromatic N) is 5. The summed E-state index contributed by atoms with van der Waals surface area (Å²) in [5.74, 6) is 1.89. The van der Waals surface area contributed by atoms with Crippen molar-refractivity contribution in [2.75, 3.05) is 18.4 Å². The fourth-order valence-corrected chi connectivity index (χ4v) is 5.72. The summed E-state index contributed by atoms with van der Waals surface area (Å²) in [6, 6.07) is 26.0. The van der Waals surface area contributed by atoms with Gasteiger partial charge in [0, 0.05) is 49.9 Å². The van der Waals surface area contributed by atoms with E-state index in [1.54, 1.807) is 4.90 Å². The van der Waals surface area contributed by atoms with E-state index in [0.717, 1.165) is 45.5 Å².